The van der Waals surface area contributed by atoms with Gasteiger partial charge in [-0.3, -0.25) is 14.4 Å². The van der Waals surface area contributed by atoms with E-state index in [2.05, 4.69) is 16.0 Å². The van der Waals surface area contributed by atoms with Gasteiger partial charge in [0.15, 0.2) is 0 Å². The molecule has 0 spiro atoms. The van der Waals surface area contributed by atoms with E-state index in [0.717, 1.165) is 21.9 Å². The van der Waals surface area contributed by atoms with Crippen molar-refractivity contribution in [2.24, 2.45) is 17.6 Å². The van der Waals surface area contributed by atoms with E-state index in [1.807, 2.05) is 100 Å². The van der Waals surface area contributed by atoms with Gasteiger partial charge < -0.3 is 31.5 Å². The van der Waals surface area contributed by atoms with E-state index in [9.17, 15) is 24.3 Å². The van der Waals surface area contributed by atoms with Crippen molar-refractivity contribution in [2.45, 2.75) is 84.2 Å². The Labute approximate surface area is 265 Å². The molecule has 3 rings (SSSR count). The van der Waals surface area contributed by atoms with Crippen molar-refractivity contribution >= 4 is 34.6 Å². The fraction of sp³-hybridized carbons (Fsp3) is 0.429. The molecule has 0 radical (unpaired) electrons. The SMILES string of the molecule is CC(C)CC(NC(=O)[C@H](CC(C)C)NC(=O)[C@H](Cc1cccc2ccccc12)NC(=O)OCc1ccccc1)C(O)CC(N)=O. The van der Waals surface area contributed by atoms with Crippen LogP contribution in [0, 0.1) is 11.8 Å². The number of amides is 4. The summed E-state index contributed by atoms with van der Waals surface area (Å²) in [4.78, 5) is 51.8. The number of aliphatic hydroxyl groups excluding tert-OH is 1. The first-order valence-electron chi connectivity index (χ1n) is 15.4. The summed E-state index contributed by atoms with van der Waals surface area (Å²) in [7, 11) is 0. The molecule has 6 N–H and O–H groups in total. The van der Waals surface area contributed by atoms with Crippen molar-refractivity contribution in [3.05, 3.63) is 83.9 Å². The Hall–Kier alpha value is -4.44. The molecule has 3 aromatic carbocycles. The number of alkyl carbamates (subject to hydrolysis) is 1. The molecule has 0 bridgehead atoms. The lowest BCUT2D eigenvalue weighted by atomic mass is 9.95. The topological polar surface area (TPSA) is 160 Å². The van der Waals surface area contributed by atoms with Gasteiger partial charge in [0.1, 0.15) is 18.7 Å². The number of nitrogens with one attached hydrogen (secondary N) is 3. The molecule has 0 heterocycles. The van der Waals surface area contributed by atoms with Crippen molar-refractivity contribution < 1.29 is 29.0 Å². The molecule has 10 heteroatoms. The molecule has 45 heavy (non-hydrogen) atoms. The minimum atomic E-state index is -1.18. The molecular weight excluding hydrogens is 572 g/mol. The van der Waals surface area contributed by atoms with Gasteiger partial charge >= 0.3 is 6.09 Å². The highest BCUT2D eigenvalue weighted by molar-refractivity contribution is 5.92. The van der Waals surface area contributed by atoms with E-state index in [1.165, 1.54) is 0 Å². The summed E-state index contributed by atoms with van der Waals surface area (Å²) in [5, 5.41) is 20.9. The molecule has 4 amide bonds. The summed E-state index contributed by atoms with van der Waals surface area (Å²) in [6, 6.07) is 19.9. The van der Waals surface area contributed by atoms with Crippen LogP contribution in [0.15, 0.2) is 72.8 Å². The zero-order valence-corrected chi connectivity index (χ0v) is 26.5. The number of ether oxygens (including phenoxy) is 1. The molecular formula is C35H46N4O6. The number of benzene rings is 3. The zero-order chi connectivity index (χ0) is 32.9. The van der Waals surface area contributed by atoms with Gasteiger partial charge in [-0.1, -0.05) is 100 Å². The van der Waals surface area contributed by atoms with E-state index in [0.29, 0.717) is 12.8 Å². The van der Waals surface area contributed by atoms with Gasteiger partial charge in [0.05, 0.1) is 18.6 Å². The number of carbonyl (C=O) groups is 4. The van der Waals surface area contributed by atoms with Crippen molar-refractivity contribution in [1.29, 1.82) is 0 Å². The average Bonchev–Trinajstić information content (AvgIpc) is 2.98. The first kappa shape index (κ1) is 35.0. The van der Waals surface area contributed by atoms with Gasteiger partial charge in [-0.25, -0.2) is 4.79 Å². The van der Waals surface area contributed by atoms with Gasteiger partial charge in [0.25, 0.3) is 0 Å². The molecule has 0 fully saturated rings. The maximum atomic E-state index is 13.9. The minimum absolute atomic E-state index is 0.0263. The Kier molecular flexibility index (Phi) is 13.4. The van der Waals surface area contributed by atoms with Gasteiger partial charge in [0.2, 0.25) is 17.7 Å². The number of aliphatic hydroxyl groups is 1. The Morgan fingerprint density at radius 1 is 0.756 bits per heavy atom. The lowest BCUT2D eigenvalue weighted by molar-refractivity contribution is -0.131. The molecule has 0 aromatic heterocycles. The van der Waals surface area contributed by atoms with Crippen LogP contribution < -0.4 is 21.7 Å². The number of nitrogens with two attached hydrogens (primary N) is 1. The van der Waals surface area contributed by atoms with Crippen LogP contribution in [0.3, 0.4) is 0 Å². The Bertz CT molecular complexity index is 1420. The first-order chi connectivity index (χ1) is 21.4. The summed E-state index contributed by atoms with van der Waals surface area (Å²) in [6.45, 7) is 7.74. The number of carbonyl (C=O) groups excluding carboxylic acids is 4. The highest BCUT2D eigenvalue weighted by Gasteiger charge is 2.31. The van der Waals surface area contributed by atoms with Crippen LogP contribution in [0.2, 0.25) is 0 Å². The molecule has 4 atom stereocenters. The standard InChI is InChI=1S/C35H46N4O6/c1-22(2)17-28(31(40)20-32(36)41)37-33(42)29(18-23(3)4)38-34(43)30(39-35(44)45-21-24-11-6-5-7-12-24)19-26-15-10-14-25-13-8-9-16-27(25)26/h5-16,22-23,28-31,40H,17-21H2,1-4H3,(H2,36,41)(H,37,42)(H,38,43)(H,39,44)/t28?,29-,30-,31?/m0/s1. The van der Waals surface area contributed by atoms with Crippen LogP contribution in [0.4, 0.5) is 4.79 Å². The summed E-state index contributed by atoms with van der Waals surface area (Å²) >= 11 is 0. The second-order valence-corrected chi connectivity index (χ2v) is 12.3. The molecule has 0 saturated heterocycles. The molecule has 3 aromatic rings. The Morgan fingerprint density at radius 3 is 2.04 bits per heavy atom. The molecule has 242 valence electrons. The summed E-state index contributed by atoms with van der Waals surface area (Å²) in [6.07, 6.45) is -1.39. The lowest BCUT2D eigenvalue weighted by Gasteiger charge is -2.29. The van der Waals surface area contributed by atoms with Crippen molar-refractivity contribution in [3.63, 3.8) is 0 Å². The number of fused-ring (bicyclic) bond motifs is 1. The van der Waals surface area contributed by atoms with E-state index in [-0.39, 0.29) is 31.3 Å². The number of hydrogen-bond donors (Lipinski definition) is 5. The highest BCUT2D eigenvalue weighted by atomic mass is 16.5. The summed E-state index contributed by atoms with van der Waals surface area (Å²) in [5.74, 6) is -1.60. The lowest BCUT2D eigenvalue weighted by Crippen LogP contribution is -2.57. The number of primary amides is 1. The molecule has 0 saturated carbocycles. The number of hydrogen-bond acceptors (Lipinski definition) is 6. The second kappa shape index (κ2) is 17.2. The fourth-order valence-corrected chi connectivity index (χ4v) is 5.23. The number of rotatable bonds is 16. The van der Waals surface area contributed by atoms with Gasteiger partial charge in [-0.2, -0.15) is 0 Å². The van der Waals surface area contributed by atoms with Crippen LogP contribution in [-0.2, 0) is 32.1 Å². The van der Waals surface area contributed by atoms with Crippen LogP contribution in [0.25, 0.3) is 10.8 Å². The van der Waals surface area contributed by atoms with Gasteiger partial charge in [-0.15, -0.1) is 0 Å². The maximum Gasteiger partial charge on any atom is 0.408 e. The molecule has 10 nitrogen and oxygen atoms in total. The van der Waals surface area contributed by atoms with Gasteiger partial charge in [0, 0.05) is 6.42 Å². The smallest absolute Gasteiger partial charge is 0.408 e. The van der Waals surface area contributed by atoms with E-state index >= 15 is 0 Å². The van der Waals surface area contributed by atoms with Crippen molar-refractivity contribution in [3.8, 4) is 0 Å². The van der Waals surface area contributed by atoms with E-state index in [4.69, 9.17) is 10.5 Å². The molecule has 0 aliphatic rings. The molecule has 2 unspecified atom stereocenters. The molecule has 0 aliphatic carbocycles. The predicted molar refractivity (Wildman–Crippen MR) is 174 cm³/mol. The van der Waals surface area contributed by atoms with Crippen molar-refractivity contribution in [2.75, 3.05) is 0 Å². The summed E-state index contributed by atoms with van der Waals surface area (Å²) < 4.78 is 5.42. The van der Waals surface area contributed by atoms with E-state index in [1.54, 1.807) is 0 Å². The van der Waals surface area contributed by atoms with Crippen LogP contribution in [-0.4, -0.2) is 53.2 Å². The van der Waals surface area contributed by atoms with Gasteiger partial charge in [-0.05, 0) is 46.6 Å². The third-order valence-corrected chi connectivity index (χ3v) is 7.39. The average molecular weight is 619 g/mol. The van der Waals surface area contributed by atoms with Crippen molar-refractivity contribution in [1.82, 2.24) is 16.0 Å². The monoisotopic (exact) mass is 618 g/mol. The van der Waals surface area contributed by atoms with Crippen LogP contribution in [0.5, 0.6) is 0 Å². The zero-order valence-electron chi connectivity index (χ0n) is 26.5. The highest BCUT2D eigenvalue weighted by Crippen LogP contribution is 2.20. The minimum Gasteiger partial charge on any atom is -0.445 e. The Balaban J connectivity index is 1.83. The molecule has 0 aliphatic heterocycles. The second-order valence-electron chi connectivity index (χ2n) is 12.3. The first-order valence-corrected chi connectivity index (χ1v) is 15.4. The normalized spacial score (nSPS) is 13.9. The third-order valence-electron chi connectivity index (χ3n) is 7.39. The van der Waals surface area contributed by atoms with E-state index < -0.39 is 48.0 Å². The summed E-state index contributed by atoms with van der Waals surface area (Å²) in [5.41, 5.74) is 6.93. The maximum absolute atomic E-state index is 13.9. The quantitative estimate of drug-likeness (QED) is 0.163. The third kappa shape index (κ3) is 11.5. The largest absolute Gasteiger partial charge is 0.445 e. The fourth-order valence-electron chi connectivity index (χ4n) is 5.23. The van der Waals surface area contributed by atoms with Crippen LogP contribution >= 0.6 is 0 Å². The van der Waals surface area contributed by atoms with Crippen LogP contribution in [0.1, 0.15) is 58.1 Å². The Morgan fingerprint density at radius 2 is 1.38 bits per heavy atom. The predicted octanol–water partition coefficient (Wildman–Crippen LogP) is 3.98.